The molecule has 0 fully saturated rings. The molecule has 5 heteroatoms. The number of benzene rings is 1. The molecule has 0 saturated carbocycles. The number of hydrogen-bond donors (Lipinski definition) is 1. The Kier molecular flexibility index (Phi) is 5.05. The summed E-state index contributed by atoms with van der Waals surface area (Å²) in [5.41, 5.74) is 2.85. The Hall–Kier alpha value is -2.07. The van der Waals surface area contributed by atoms with E-state index < -0.39 is 0 Å². The van der Waals surface area contributed by atoms with Crippen molar-refractivity contribution in [3.63, 3.8) is 0 Å². The quantitative estimate of drug-likeness (QED) is 0.657. The van der Waals surface area contributed by atoms with Crippen molar-refractivity contribution < 1.29 is 4.74 Å². The summed E-state index contributed by atoms with van der Waals surface area (Å²) < 4.78 is 5.90. The van der Waals surface area contributed by atoms with Gasteiger partial charge in [-0.15, -0.1) is 0 Å². The molecule has 3 aromatic rings. The summed E-state index contributed by atoms with van der Waals surface area (Å²) in [5.74, 6) is 1.91. The van der Waals surface area contributed by atoms with Gasteiger partial charge in [0, 0.05) is 11.6 Å². The zero-order valence-corrected chi connectivity index (χ0v) is 15.0. The molecule has 1 unspecified atom stereocenters. The Labute approximate surface area is 147 Å². The van der Waals surface area contributed by atoms with Crippen molar-refractivity contribution in [2.45, 2.75) is 27.2 Å². The van der Waals surface area contributed by atoms with Gasteiger partial charge in [0.15, 0.2) is 5.65 Å². The summed E-state index contributed by atoms with van der Waals surface area (Å²) in [6.45, 7) is 7.33. The summed E-state index contributed by atoms with van der Waals surface area (Å²) in [6, 6.07) is 7.86. The molecule has 0 radical (unpaired) electrons. The number of halogens is 1. The first-order chi connectivity index (χ1) is 11.5. The number of H-pyrrole nitrogens is 1. The van der Waals surface area contributed by atoms with Crippen LogP contribution < -0.4 is 4.74 Å². The van der Waals surface area contributed by atoms with Gasteiger partial charge in [-0.3, -0.25) is 5.10 Å². The number of nitrogens with zero attached hydrogens (tertiary/aromatic N) is 2. The lowest BCUT2D eigenvalue weighted by atomic mass is 10.00. The first-order valence-electron chi connectivity index (χ1n) is 8.25. The second kappa shape index (κ2) is 7.22. The highest BCUT2D eigenvalue weighted by Gasteiger charge is 2.11. The Bertz CT molecular complexity index is 828. The minimum atomic E-state index is 0.506. The van der Waals surface area contributed by atoms with E-state index in [2.05, 4.69) is 36.0 Å². The molecule has 0 bridgehead atoms. The Morgan fingerprint density at radius 2 is 2.04 bits per heavy atom. The van der Waals surface area contributed by atoms with Crippen LogP contribution in [0.1, 0.15) is 27.2 Å². The average Bonchev–Trinajstić information content (AvgIpc) is 3.01. The summed E-state index contributed by atoms with van der Waals surface area (Å²) in [7, 11) is 0. The number of nitrogens with one attached hydrogen (secondary N) is 1. The molecular weight excluding hydrogens is 322 g/mol. The van der Waals surface area contributed by atoms with Crippen molar-refractivity contribution in [2.24, 2.45) is 11.8 Å². The van der Waals surface area contributed by atoms with E-state index in [0.29, 0.717) is 23.5 Å². The summed E-state index contributed by atoms with van der Waals surface area (Å²) in [6.07, 6.45) is 4.69. The molecule has 2 aromatic heterocycles. The van der Waals surface area contributed by atoms with Crippen LogP contribution in [0.4, 0.5) is 0 Å². The molecule has 3 rings (SSSR count). The molecule has 126 valence electrons. The highest BCUT2D eigenvalue weighted by molar-refractivity contribution is 6.32. The lowest BCUT2D eigenvalue weighted by Gasteiger charge is -2.16. The molecule has 4 nitrogen and oxygen atoms in total. The van der Waals surface area contributed by atoms with Crippen molar-refractivity contribution >= 4 is 22.6 Å². The molecule has 0 spiro atoms. The lowest BCUT2D eigenvalue weighted by molar-refractivity contribution is 0.239. The first kappa shape index (κ1) is 16.8. The molecule has 0 aliphatic rings. The standard InChI is InChI=1S/C19H22ClN3O/c1-12(2)8-13(3)11-24-18-5-4-14(9-17(18)20)15-6-7-21-19-16(15)10-22-23-19/h4-7,9-10,12-13H,8,11H2,1-3H3,(H,21,22,23). The maximum atomic E-state index is 6.43. The number of ether oxygens (including phenoxy) is 1. The van der Waals surface area contributed by atoms with E-state index in [4.69, 9.17) is 16.3 Å². The SMILES string of the molecule is CC(C)CC(C)COc1ccc(-c2ccnc3[nH]ncc23)cc1Cl. The maximum Gasteiger partial charge on any atom is 0.155 e. The van der Waals surface area contributed by atoms with Crippen LogP contribution in [0.5, 0.6) is 5.75 Å². The van der Waals surface area contributed by atoms with Crippen LogP contribution in [0.25, 0.3) is 22.2 Å². The van der Waals surface area contributed by atoms with Crippen LogP contribution in [-0.4, -0.2) is 21.8 Å². The van der Waals surface area contributed by atoms with E-state index in [1.54, 1.807) is 12.4 Å². The van der Waals surface area contributed by atoms with Crippen molar-refractivity contribution in [1.29, 1.82) is 0 Å². The fourth-order valence-corrected chi connectivity index (χ4v) is 3.23. The predicted molar refractivity (Wildman–Crippen MR) is 98.4 cm³/mol. The molecule has 0 amide bonds. The maximum absolute atomic E-state index is 6.43. The van der Waals surface area contributed by atoms with Gasteiger partial charge >= 0.3 is 0 Å². The summed E-state index contributed by atoms with van der Waals surface area (Å²) in [4.78, 5) is 4.26. The van der Waals surface area contributed by atoms with Gasteiger partial charge in [-0.2, -0.15) is 5.10 Å². The predicted octanol–water partition coefficient (Wildman–Crippen LogP) is 5.34. The smallest absolute Gasteiger partial charge is 0.155 e. The van der Waals surface area contributed by atoms with Crippen LogP contribution >= 0.6 is 11.6 Å². The molecule has 24 heavy (non-hydrogen) atoms. The van der Waals surface area contributed by atoms with Crippen LogP contribution in [0.3, 0.4) is 0 Å². The molecule has 0 aliphatic heterocycles. The van der Waals surface area contributed by atoms with E-state index in [-0.39, 0.29) is 0 Å². The van der Waals surface area contributed by atoms with E-state index in [0.717, 1.165) is 34.3 Å². The monoisotopic (exact) mass is 343 g/mol. The highest BCUT2D eigenvalue weighted by atomic mass is 35.5. The number of hydrogen-bond acceptors (Lipinski definition) is 3. The lowest BCUT2D eigenvalue weighted by Crippen LogP contribution is -2.11. The van der Waals surface area contributed by atoms with E-state index in [1.165, 1.54) is 0 Å². The van der Waals surface area contributed by atoms with E-state index in [9.17, 15) is 0 Å². The third-order valence-electron chi connectivity index (χ3n) is 3.99. The molecule has 0 saturated heterocycles. The van der Waals surface area contributed by atoms with E-state index >= 15 is 0 Å². The molecule has 1 N–H and O–H groups in total. The summed E-state index contributed by atoms with van der Waals surface area (Å²) >= 11 is 6.43. The van der Waals surface area contributed by atoms with Crippen molar-refractivity contribution in [2.75, 3.05) is 6.61 Å². The summed E-state index contributed by atoms with van der Waals surface area (Å²) in [5, 5.41) is 8.54. The zero-order valence-electron chi connectivity index (χ0n) is 14.2. The first-order valence-corrected chi connectivity index (χ1v) is 8.63. The number of aromatic nitrogens is 3. The minimum Gasteiger partial charge on any atom is -0.492 e. The molecule has 1 atom stereocenters. The van der Waals surface area contributed by atoms with Crippen LogP contribution in [0.2, 0.25) is 5.02 Å². The minimum absolute atomic E-state index is 0.506. The molecular formula is C19H22ClN3O. The number of pyridine rings is 1. The third kappa shape index (κ3) is 3.70. The highest BCUT2D eigenvalue weighted by Crippen LogP contribution is 2.33. The normalized spacial score (nSPS) is 12.7. The van der Waals surface area contributed by atoms with Crippen molar-refractivity contribution in [3.8, 4) is 16.9 Å². The number of rotatable bonds is 6. The Morgan fingerprint density at radius 1 is 1.21 bits per heavy atom. The topological polar surface area (TPSA) is 50.8 Å². The fraction of sp³-hybridized carbons (Fsp3) is 0.368. The van der Waals surface area contributed by atoms with Gasteiger partial charge in [-0.25, -0.2) is 4.98 Å². The average molecular weight is 344 g/mol. The van der Waals surface area contributed by atoms with Gasteiger partial charge in [0.25, 0.3) is 0 Å². The van der Waals surface area contributed by atoms with Crippen molar-refractivity contribution in [1.82, 2.24) is 15.2 Å². The molecule has 0 aliphatic carbocycles. The molecule has 2 heterocycles. The largest absolute Gasteiger partial charge is 0.492 e. The number of aromatic amines is 1. The van der Waals surface area contributed by atoms with Crippen LogP contribution in [-0.2, 0) is 0 Å². The van der Waals surface area contributed by atoms with Crippen LogP contribution in [0, 0.1) is 11.8 Å². The van der Waals surface area contributed by atoms with Gasteiger partial charge in [-0.1, -0.05) is 38.4 Å². The second-order valence-electron chi connectivity index (χ2n) is 6.68. The fourth-order valence-electron chi connectivity index (χ4n) is 2.99. The number of fused-ring (bicyclic) bond motifs is 1. The van der Waals surface area contributed by atoms with Gasteiger partial charge in [0.2, 0.25) is 0 Å². The van der Waals surface area contributed by atoms with Gasteiger partial charge in [0.1, 0.15) is 5.75 Å². The Morgan fingerprint density at radius 3 is 2.79 bits per heavy atom. The molecule has 1 aromatic carbocycles. The van der Waals surface area contributed by atoms with Gasteiger partial charge < -0.3 is 4.74 Å². The van der Waals surface area contributed by atoms with Crippen molar-refractivity contribution in [3.05, 3.63) is 41.7 Å². The Balaban J connectivity index is 1.79. The van der Waals surface area contributed by atoms with E-state index in [1.807, 2.05) is 24.3 Å². The third-order valence-corrected chi connectivity index (χ3v) is 4.29. The van der Waals surface area contributed by atoms with Gasteiger partial charge in [0.05, 0.1) is 17.8 Å². The zero-order chi connectivity index (χ0) is 17.1. The van der Waals surface area contributed by atoms with Crippen LogP contribution in [0.15, 0.2) is 36.7 Å². The van der Waals surface area contributed by atoms with Gasteiger partial charge in [-0.05, 0) is 47.6 Å². The second-order valence-corrected chi connectivity index (χ2v) is 7.09.